The van der Waals surface area contributed by atoms with E-state index in [-0.39, 0.29) is 11.7 Å². The monoisotopic (exact) mass is 395 g/mol. The highest BCUT2D eigenvalue weighted by molar-refractivity contribution is 5.96. The molecule has 0 bridgehead atoms. The standard InChI is InChI=1S/C22H26FN5O/c23-18-5-7-19(8-6-18)26-13-15-28(16-14-26)22(24)25-10-12-27-11-9-17-3-1-2-4-20(17)21(27)29/h1-8H,9-16H2,(H2,24,25). The van der Waals surface area contributed by atoms with Crippen molar-refractivity contribution in [2.75, 3.05) is 50.7 Å². The molecule has 2 aliphatic heterocycles. The number of hydrogen-bond acceptors (Lipinski definition) is 3. The molecular formula is C22H26FN5O. The van der Waals surface area contributed by atoms with Gasteiger partial charge in [-0.15, -0.1) is 0 Å². The molecule has 0 unspecified atom stereocenters. The van der Waals surface area contributed by atoms with Crippen molar-refractivity contribution in [3.05, 3.63) is 65.5 Å². The number of fused-ring (bicyclic) bond motifs is 1. The quantitative estimate of drug-likeness (QED) is 0.635. The largest absolute Gasteiger partial charge is 0.370 e. The van der Waals surface area contributed by atoms with Crippen LogP contribution in [0.3, 0.4) is 0 Å². The van der Waals surface area contributed by atoms with Gasteiger partial charge >= 0.3 is 0 Å². The minimum Gasteiger partial charge on any atom is -0.370 e. The van der Waals surface area contributed by atoms with Crippen molar-refractivity contribution in [3.8, 4) is 0 Å². The van der Waals surface area contributed by atoms with Gasteiger partial charge in [0, 0.05) is 50.5 Å². The Labute approximate surface area is 170 Å². The highest BCUT2D eigenvalue weighted by Crippen LogP contribution is 2.19. The lowest BCUT2D eigenvalue weighted by atomic mass is 9.99. The normalized spacial score (nSPS) is 17.5. The number of halogens is 1. The average molecular weight is 395 g/mol. The number of rotatable bonds is 4. The van der Waals surface area contributed by atoms with E-state index in [0.29, 0.717) is 19.0 Å². The molecule has 0 radical (unpaired) electrons. The highest BCUT2D eigenvalue weighted by Gasteiger charge is 2.23. The Balaban J connectivity index is 1.27. The van der Waals surface area contributed by atoms with E-state index >= 15 is 0 Å². The lowest BCUT2D eigenvalue weighted by Gasteiger charge is -2.36. The van der Waals surface area contributed by atoms with Gasteiger partial charge in [0.2, 0.25) is 0 Å². The molecule has 152 valence electrons. The second-order valence-corrected chi connectivity index (χ2v) is 7.39. The fraction of sp³-hybridized carbons (Fsp3) is 0.364. The number of aliphatic imine (C=N–C) groups is 1. The van der Waals surface area contributed by atoms with Gasteiger partial charge in [0.15, 0.2) is 5.96 Å². The molecule has 1 saturated heterocycles. The maximum absolute atomic E-state index is 13.1. The van der Waals surface area contributed by atoms with E-state index in [1.165, 1.54) is 12.1 Å². The van der Waals surface area contributed by atoms with Gasteiger partial charge in [-0.05, 0) is 42.3 Å². The Hall–Kier alpha value is -3.09. The molecule has 7 heteroatoms. The van der Waals surface area contributed by atoms with Crippen LogP contribution in [-0.2, 0) is 6.42 Å². The van der Waals surface area contributed by atoms with Crippen molar-refractivity contribution >= 4 is 17.6 Å². The number of anilines is 1. The number of carbonyl (C=O) groups is 1. The molecule has 0 atom stereocenters. The molecule has 2 aromatic carbocycles. The lowest BCUT2D eigenvalue weighted by Crippen LogP contribution is -2.51. The van der Waals surface area contributed by atoms with Crippen LogP contribution in [0.1, 0.15) is 15.9 Å². The Bertz CT molecular complexity index is 890. The topological polar surface area (TPSA) is 65.2 Å². The number of piperazine rings is 1. The van der Waals surface area contributed by atoms with Gasteiger partial charge in [-0.3, -0.25) is 9.79 Å². The van der Waals surface area contributed by atoms with E-state index < -0.39 is 0 Å². The number of guanidine groups is 1. The predicted octanol–water partition coefficient (Wildman–Crippen LogP) is 1.96. The minimum atomic E-state index is -0.223. The zero-order valence-corrected chi connectivity index (χ0v) is 16.4. The molecule has 2 heterocycles. The van der Waals surface area contributed by atoms with Crippen molar-refractivity contribution in [1.82, 2.24) is 9.80 Å². The van der Waals surface area contributed by atoms with Gasteiger partial charge < -0.3 is 20.4 Å². The first-order chi connectivity index (χ1) is 14.1. The Kier molecular flexibility index (Phi) is 5.64. The van der Waals surface area contributed by atoms with Crippen molar-refractivity contribution in [2.45, 2.75) is 6.42 Å². The molecule has 4 rings (SSSR count). The van der Waals surface area contributed by atoms with Crippen LogP contribution >= 0.6 is 0 Å². The van der Waals surface area contributed by atoms with Crippen LogP contribution in [0.2, 0.25) is 0 Å². The molecule has 2 aliphatic rings. The van der Waals surface area contributed by atoms with Crippen molar-refractivity contribution in [3.63, 3.8) is 0 Å². The smallest absolute Gasteiger partial charge is 0.254 e. The van der Waals surface area contributed by atoms with E-state index in [1.54, 1.807) is 12.1 Å². The molecule has 1 amide bonds. The maximum atomic E-state index is 13.1. The molecule has 0 spiro atoms. The van der Waals surface area contributed by atoms with Crippen molar-refractivity contribution < 1.29 is 9.18 Å². The molecule has 29 heavy (non-hydrogen) atoms. The summed E-state index contributed by atoms with van der Waals surface area (Å²) in [5, 5.41) is 0. The number of benzene rings is 2. The van der Waals surface area contributed by atoms with Gasteiger partial charge in [-0.2, -0.15) is 0 Å². The van der Waals surface area contributed by atoms with Crippen LogP contribution in [0.5, 0.6) is 0 Å². The zero-order valence-electron chi connectivity index (χ0n) is 16.4. The van der Waals surface area contributed by atoms with Gasteiger partial charge in [0.25, 0.3) is 5.91 Å². The van der Waals surface area contributed by atoms with Crippen LogP contribution in [0.25, 0.3) is 0 Å². The average Bonchev–Trinajstić information content (AvgIpc) is 2.76. The van der Waals surface area contributed by atoms with Crippen molar-refractivity contribution in [2.24, 2.45) is 10.7 Å². The zero-order chi connectivity index (χ0) is 20.2. The third-order valence-electron chi connectivity index (χ3n) is 5.63. The third kappa shape index (κ3) is 4.34. The number of nitrogens with zero attached hydrogens (tertiary/aromatic N) is 4. The summed E-state index contributed by atoms with van der Waals surface area (Å²) in [7, 11) is 0. The summed E-state index contributed by atoms with van der Waals surface area (Å²) >= 11 is 0. The van der Waals surface area contributed by atoms with Gasteiger partial charge in [0.05, 0.1) is 6.54 Å². The Morgan fingerprint density at radius 3 is 2.48 bits per heavy atom. The fourth-order valence-electron chi connectivity index (χ4n) is 3.92. The van der Waals surface area contributed by atoms with Crippen LogP contribution in [0.15, 0.2) is 53.5 Å². The Morgan fingerprint density at radius 1 is 1.00 bits per heavy atom. The minimum absolute atomic E-state index is 0.0773. The van der Waals surface area contributed by atoms with E-state index in [9.17, 15) is 9.18 Å². The van der Waals surface area contributed by atoms with E-state index in [0.717, 1.165) is 56.0 Å². The lowest BCUT2D eigenvalue weighted by molar-refractivity contribution is 0.0745. The first kappa shape index (κ1) is 19.2. The van der Waals surface area contributed by atoms with E-state index in [1.807, 2.05) is 29.2 Å². The molecule has 0 saturated carbocycles. The van der Waals surface area contributed by atoms with Gasteiger partial charge in [-0.1, -0.05) is 18.2 Å². The molecule has 2 aromatic rings. The highest BCUT2D eigenvalue weighted by atomic mass is 19.1. The summed E-state index contributed by atoms with van der Waals surface area (Å²) in [6.07, 6.45) is 0.881. The first-order valence-corrected chi connectivity index (χ1v) is 10.0. The summed E-state index contributed by atoms with van der Waals surface area (Å²) in [4.78, 5) is 23.2. The first-order valence-electron chi connectivity index (χ1n) is 10.0. The van der Waals surface area contributed by atoms with Gasteiger partial charge in [-0.25, -0.2) is 4.39 Å². The number of carbonyl (C=O) groups excluding carboxylic acids is 1. The van der Waals surface area contributed by atoms with Crippen LogP contribution in [0, 0.1) is 5.82 Å². The molecular weight excluding hydrogens is 369 g/mol. The van der Waals surface area contributed by atoms with E-state index in [4.69, 9.17) is 5.73 Å². The summed E-state index contributed by atoms with van der Waals surface area (Å²) < 4.78 is 13.1. The fourth-order valence-corrected chi connectivity index (χ4v) is 3.92. The van der Waals surface area contributed by atoms with Gasteiger partial charge in [0.1, 0.15) is 5.82 Å². The third-order valence-corrected chi connectivity index (χ3v) is 5.63. The molecule has 0 aromatic heterocycles. The molecule has 2 N–H and O–H groups in total. The summed E-state index contributed by atoms with van der Waals surface area (Å²) in [5.41, 5.74) is 9.12. The number of hydrogen-bond donors (Lipinski definition) is 1. The molecule has 0 aliphatic carbocycles. The van der Waals surface area contributed by atoms with Crippen molar-refractivity contribution in [1.29, 1.82) is 0 Å². The predicted molar refractivity (Wildman–Crippen MR) is 113 cm³/mol. The van der Waals surface area contributed by atoms with Crippen LogP contribution in [0.4, 0.5) is 10.1 Å². The SMILES string of the molecule is NC(=NCCN1CCc2ccccc2C1=O)N1CCN(c2ccc(F)cc2)CC1. The number of nitrogens with two attached hydrogens (primary N) is 1. The number of amides is 1. The van der Waals surface area contributed by atoms with Crippen LogP contribution < -0.4 is 10.6 Å². The van der Waals surface area contributed by atoms with Crippen LogP contribution in [-0.4, -0.2) is 67.5 Å². The summed E-state index contributed by atoms with van der Waals surface area (Å²) in [6, 6.07) is 14.4. The summed E-state index contributed by atoms with van der Waals surface area (Å²) in [5.74, 6) is 0.376. The maximum Gasteiger partial charge on any atom is 0.254 e. The van der Waals surface area contributed by atoms with E-state index in [2.05, 4.69) is 14.8 Å². The molecule has 6 nitrogen and oxygen atoms in total. The molecule has 1 fully saturated rings. The Morgan fingerprint density at radius 2 is 1.72 bits per heavy atom. The second kappa shape index (κ2) is 8.51. The summed E-state index contributed by atoms with van der Waals surface area (Å²) in [6.45, 7) is 4.95. The second-order valence-electron chi connectivity index (χ2n) is 7.39.